The molecule has 144 valence electrons. The quantitative estimate of drug-likeness (QED) is 0.864. The third-order valence-corrected chi connectivity index (χ3v) is 5.87. The first-order valence-corrected chi connectivity index (χ1v) is 9.61. The highest BCUT2D eigenvalue weighted by Gasteiger charge is 2.43. The minimum absolute atomic E-state index is 0.0915. The molecule has 7 nitrogen and oxygen atoms in total. The molecule has 0 bridgehead atoms. The Hall–Kier alpha value is -2.54. The van der Waals surface area contributed by atoms with E-state index in [1.165, 1.54) is 11.8 Å². The van der Waals surface area contributed by atoms with E-state index in [4.69, 9.17) is 0 Å². The Bertz CT molecular complexity index is 843. The number of carbonyl (C=O) groups excluding carboxylic acids is 1. The second kappa shape index (κ2) is 7.23. The lowest BCUT2D eigenvalue weighted by atomic mass is 9.96. The van der Waals surface area contributed by atoms with Crippen LogP contribution >= 0.6 is 0 Å². The SMILES string of the molecule is CC(=O)C1C(CN2CCCC2)N(c2c[nH]c3ccccc23)CCN1C(=O)O. The zero-order valence-corrected chi connectivity index (χ0v) is 15.6. The highest BCUT2D eigenvalue weighted by Crippen LogP contribution is 2.32. The lowest BCUT2D eigenvalue weighted by Crippen LogP contribution is -2.66. The molecule has 2 unspecified atom stereocenters. The molecule has 2 aromatic rings. The van der Waals surface area contributed by atoms with E-state index in [2.05, 4.69) is 20.9 Å². The Morgan fingerprint density at radius 1 is 1.15 bits per heavy atom. The van der Waals surface area contributed by atoms with Crippen LogP contribution < -0.4 is 4.90 Å². The topological polar surface area (TPSA) is 79.9 Å². The van der Waals surface area contributed by atoms with Crippen molar-refractivity contribution >= 4 is 28.5 Å². The number of rotatable bonds is 4. The highest BCUT2D eigenvalue weighted by atomic mass is 16.4. The molecule has 7 heteroatoms. The number of nitrogens with one attached hydrogen (secondary N) is 1. The number of Topliss-reactive ketones (excluding diaryl/α,β-unsaturated/α-hetero) is 1. The van der Waals surface area contributed by atoms with Gasteiger partial charge in [0.1, 0.15) is 6.04 Å². The molecule has 2 fully saturated rings. The number of carboxylic acid groups (broad SMARTS) is 1. The molecule has 1 aromatic carbocycles. The van der Waals surface area contributed by atoms with Gasteiger partial charge in [-0.15, -0.1) is 0 Å². The van der Waals surface area contributed by atoms with Gasteiger partial charge in [0, 0.05) is 36.7 Å². The summed E-state index contributed by atoms with van der Waals surface area (Å²) in [5.74, 6) is -0.0915. The summed E-state index contributed by atoms with van der Waals surface area (Å²) in [6.07, 6.45) is 3.29. The maximum atomic E-state index is 12.5. The lowest BCUT2D eigenvalue weighted by Gasteiger charge is -2.47. The zero-order chi connectivity index (χ0) is 19.0. The molecular weight excluding hydrogens is 344 g/mol. The molecule has 0 aliphatic carbocycles. The van der Waals surface area contributed by atoms with E-state index in [0.29, 0.717) is 19.6 Å². The second-order valence-corrected chi connectivity index (χ2v) is 7.52. The summed E-state index contributed by atoms with van der Waals surface area (Å²) in [4.78, 5) is 33.5. The summed E-state index contributed by atoms with van der Waals surface area (Å²) in [6, 6.07) is 7.26. The summed E-state index contributed by atoms with van der Waals surface area (Å²) in [5.41, 5.74) is 2.10. The molecule has 2 aliphatic rings. The van der Waals surface area contributed by atoms with E-state index in [1.54, 1.807) is 0 Å². The van der Waals surface area contributed by atoms with Gasteiger partial charge in [-0.3, -0.25) is 9.69 Å². The summed E-state index contributed by atoms with van der Waals surface area (Å²) < 4.78 is 0. The van der Waals surface area contributed by atoms with Crippen molar-refractivity contribution in [2.24, 2.45) is 0 Å². The number of aromatic nitrogens is 1. The number of benzene rings is 1. The van der Waals surface area contributed by atoms with E-state index in [9.17, 15) is 14.7 Å². The van der Waals surface area contributed by atoms with Crippen LogP contribution in [0, 0.1) is 0 Å². The van der Waals surface area contributed by atoms with Gasteiger partial charge in [-0.25, -0.2) is 4.79 Å². The summed E-state index contributed by atoms with van der Waals surface area (Å²) in [5, 5.41) is 10.8. The van der Waals surface area contributed by atoms with Gasteiger partial charge in [-0.2, -0.15) is 0 Å². The summed E-state index contributed by atoms with van der Waals surface area (Å²) in [6.45, 7) is 5.14. The lowest BCUT2D eigenvalue weighted by molar-refractivity contribution is -0.123. The number of ketones is 1. The number of hydrogen-bond donors (Lipinski definition) is 2. The number of carbonyl (C=O) groups is 2. The summed E-state index contributed by atoms with van der Waals surface area (Å²) >= 11 is 0. The number of hydrogen-bond acceptors (Lipinski definition) is 4. The van der Waals surface area contributed by atoms with Crippen LogP contribution in [-0.2, 0) is 4.79 Å². The molecule has 2 aliphatic heterocycles. The van der Waals surface area contributed by atoms with Crippen LogP contribution in [0.2, 0.25) is 0 Å². The third-order valence-electron chi connectivity index (χ3n) is 5.87. The van der Waals surface area contributed by atoms with E-state index in [1.807, 2.05) is 24.4 Å². The first-order chi connectivity index (χ1) is 13.1. The van der Waals surface area contributed by atoms with E-state index >= 15 is 0 Å². The minimum Gasteiger partial charge on any atom is -0.465 e. The Morgan fingerprint density at radius 3 is 2.59 bits per heavy atom. The number of amides is 1. The van der Waals surface area contributed by atoms with Crippen LogP contribution in [0.4, 0.5) is 10.5 Å². The van der Waals surface area contributed by atoms with Gasteiger partial charge in [0.2, 0.25) is 0 Å². The van der Waals surface area contributed by atoms with Gasteiger partial charge < -0.3 is 19.9 Å². The molecule has 2 saturated heterocycles. The number of likely N-dealkylation sites (tertiary alicyclic amines) is 1. The minimum atomic E-state index is -1.01. The molecule has 2 atom stereocenters. The highest BCUT2D eigenvalue weighted by molar-refractivity contribution is 5.94. The average molecular weight is 370 g/mol. The van der Waals surface area contributed by atoms with Crippen molar-refractivity contribution in [3.05, 3.63) is 30.5 Å². The Balaban J connectivity index is 1.74. The van der Waals surface area contributed by atoms with Gasteiger partial charge in [-0.05, 0) is 38.9 Å². The van der Waals surface area contributed by atoms with Gasteiger partial charge >= 0.3 is 6.09 Å². The molecule has 27 heavy (non-hydrogen) atoms. The summed E-state index contributed by atoms with van der Waals surface area (Å²) in [7, 11) is 0. The Labute approximate surface area is 158 Å². The number of H-pyrrole nitrogens is 1. The molecule has 0 saturated carbocycles. The van der Waals surface area contributed by atoms with Crippen molar-refractivity contribution in [3.63, 3.8) is 0 Å². The zero-order valence-electron chi connectivity index (χ0n) is 15.6. The van der Waals surface area contributed by atoms with Gasteiger partial charge in [-0.1, -0.05) is 18.2 Å². The fourth-order valence-electron chi connectivity index (χ4n) is 4.62. The first kappa shape index (κ1) is 17.9. The monoisotopic (exact) mass is 370 g/mol. The van der Waals surface area contributed by atoms with Crippen molar-refractivity contribution in [2.45, 2.75) is 31.8 Å². The van der Waals surface area contributed by atoms with E-state index in [0.717, 1.165) is 42.5 Å². The molecule has 4 rings (SSSR count). The van der Waals surface area contributed by atoms with Crippen LogP contribution in [0.25, 0.3) is 10.9 Å². The third kappa shape index (κ3) is 3.27. The van der Waals surface area contributed by atoms with Gasteiger partial charge in [0.25, 0.3) is 0 Å². The molecule has 1 aromatic heterocycles. The molecular formula is C20H26N4O3. The van der Waals surface area contributed by atoms with Crippen molar-refractivity contribution in [1.29, 1.82) is 0 Å². The fourth-order valence-corrected chi connectivity index (χ4v) is 4.62. The van der Waals surface area contributed by atoms with Crippen LogP contribution in [-0.4, -0.2) is 76.6 Å². The van der Waals surface area contributed by atoms with Crippen LogP contribution in [0.15, 0.2) is 30.5 Å². The van der Waals surface area contributed by atoms with Crippen LogP contribution in [0.3, 0.4) is 0 Å². The number of nitrogens with zero attached hydrogens (tertiary/aromatic N) is 3. The fraction of sp³-hybridized carbons (Fsp3) is 0.500. The standard InChI is InChI=1S/C20H26N4O3/c1-14(25)19-18(13-22-8-4-5-9-22)23(10-11-24(19)20(26)27)17-12-21-16-7-3-2-6-15(16)17/h2-3,6-7,12,18-19,21H,4-5,8-11,13H2,1H3,(H,26,27). The molecule has 2 N–H and O–H groups in total. The maximum Gasteiger partial charge on any atom is 0.408 e. The van der Waals surface area contributed by atoms with E-state index < -0.39 is 12.1 Å². The maximum absolute atomic E-state index is 12.5. The van der Waals surface area contributed by atoms with Crippen molar-refractivity contribution in [1.82, 2.24) is 14.8 Å². The average Bonchev–Trinajstić information content (AvgIpc) is 3.30. The molecule has 0 spiro atoms. The number of para-hydroxylation sites is 1. The van der Waals surface area contributed by atoms with Crippen LogP contribution in [0.5, 0.6) is 0 Å². The number of anilines is 1. The number of piperazine rings is 1. The number of fused-ring (bicyclic) bond motifs is 1. The van der Waals surface area contributed by atoms with Gasteiger partial charge in [0.15, 0.2) is 5.78 Å². The molecule has 3 heterocycles. The largest absolute Gasteiger partial charge is 0.465 e. The molecule has 0 radical (unpaired) electrons. The van der Waals surface area contributed by atoms with Crippen molar-refractivity contribution in [3.8, 4) is 0 Å². The predicted molar refractivity (Wildman–Crippen MR) is 104 cm³/mol. The van der Waals surface area contributed by atoms with Gasteiger partial charge in [0.05, 0.1) is 11.7 Å². The molecule has 1 amide bonds. The van der Waals surface area contributed by atoms with E-state index in [-0.39, 0.29) is 11.8 Å². The Morgan fingerprint density at radius 2 is 1.89 bits per heavy atom. The first-order valence-electron chi connectivity index (χ1n) is 9.61. The van der Waals surface area contributed by atoms with Crippen molar-refractivity contribution < 1.29 is 14.7 Å². The Kier molecular flexibility index (Phi) is 4.78. The number of aromatic amines is 1. The predicted octanol–water partition coefficient (Wildman–Crippen LogP) is 2.39. The second-order valence-electron chi connectivity index (χ2n) is 7.52. The normalized spacial score (nSPS) is 23.9. The smallest absolute Gasteiger partial charge is 0.408 e. The van der Waals surface area contributed by atoms with Crippen molar-refractivity contribution in [2.75, 3.05) is 37.6 Å². The van der Waals surface area contributed by atoms with Crippen LogP contribution in [0.1, 0.15) is 19.8 Å².